The second kappa shape index (κ2) is 5.80. The van der Waals surface area contributed by atoms with E-state index in [0.717, 1.165) is 41.2 Å². The van der Waals surface area contributed by atoms with Gasteiger partial charge in [-0.25, -0.2) is 9.97 Å². The molecule has 0 fully saturated rings. The minimum absolute atomic E-state index is 0.0206. The summed E-state index contributed by atoms with van der Waals surface area (Å²) < 4.78 is 1.00. The van der Waals surface area contributed by atoms with Crippen molar-refractivity contribution in [2.75, 3.05) is 11.9 Å². The van der Waals surface area contributed by atoms with Gasteiger partial charge in [0.15, 0.2) is 0 Å². The molecule has 0 saturated carbocycles. The maximum Gasteiger partial charge on any atom is 0.144 e. The highest BCUT2D eigenvalue weighted by Crippen LogP contribution is 2.28. The molecule has 1 heterocycles. The van der Waals surface area contributed by atoms with Crippen LogP contribution in [0.2, 0.25) is 0 Å². The fourth-order valence-electron chi connectivity index (χ4n) is 1.42. The monoisotopic (exact) mass is 299 g/mol. The molecular formula is C13H22BrN3. The van der Waals surface area contributed by atoms with E-state index in [2.05, 4.69) is 65.8 Å². The zero-order valence-corrected chi connectivity index (χ0v) is 13.0. The standard InChI is InChI=1S/C13H22BrN3/c1-6-8-15-11-10(14)9(7-2)16-12(17-11)13(3,4)5/h6-8H2,1-5H3,(H,15,16,17). The summed E-state index contributed by atoms with van der Waals surface area (Å²) in [5.74, 6) is 1.82. The number of nitrogens with zero attached hydrogens (tertiary/aromatic N) is 2. The van der Waals surface area contributed by atoms with Crippen LogP contribution in [0.3, 0.4) is 0 Å². The number of anilines is 1. The van der Waals surface area contributed by atoms with Crippen molar-refractivity contribution in [1.29, 1.82) is 0 Å². The van der Waals surface area contributed by atoms with Crippen molar-refractivity contribution in [2.24, 2.45) is 0 Å². The number of halogens is 1. The summed E-state index contributed by atoms with van der Waals surface area (Å²) in [5, 5.41) is 3.35. The van der Waals surface area contributed by atoms with Crippen LogP contribution in [0.5, 0.6) is 0 Å². The minimum atomic E-state index is -0.0206. The molecule has 0 aliphatic heterocycles. The molecule has 0 atom stereocenters. The largest absolute Gasteiger partial charge is 0.369 e. The second-order valence-corrected chi connectivity index (χ2v) is 5.98. The Kier molecular flexibility index (Phi) is 4.92. The molecule has 4 heteroatoms. The van der Waals surface area contributed by atoms with Crippen molar-refractivity contribution in [3.63, 3.8) is 0 Å². The minimum Gasteiger partial charge on any atom is -0.369 e. The predicted molar refractivity (Wildman–Crippen MR) is 76.6 cm³/mol. The number of rotatable bonds is 4. The number of hydrogen-bond acceptors (Lipinski definition) is 3. The van der Waals surface area contributed by atoms with Gasteiger partial charge in [-0.15, -0.1) is 0 Å². The van der Waals surface area contributed by atoms with E-state index in [1.54, 1.807) is 0 Å². The lowest BCUT2D eigenvalue weighted by molar-refractivity contribution is 0.541. The lowest BCUT2D eigenvalue weighted by atomic mass is 9.95. The van der Waals surface area contributed by atoms with E-state index in [0.29, 0.717) is 0 Å². The molecule has 0 aliphatic rings. The summed E-state index contributed by atoms with van der Waals surface area (Å²) in [5.41, 5.74) is 1.05. The first-order chi connectivity index (χ1) is 7.90. The van der Waals surface area contributed by atoms with E-state index in [-0.39, 0.29) is 5.41 Å². The first-order valence-electron chi connectivity index (χ1n) is 6.20. The summed E-state index contributed by atoms with van der Waals surface area (Å²) in [6, 6.07) is 0. The normalized spacial score (nSPS) is 11.6. The molecule has 0 saturated heterocycles. The summed E-state index contributed by atoms with van der Waals surface area (Å²) >= 11 is 3.59. The summed E-state index contributed by atoms with van der Waals surface area (Å²) in [4.78, 5) is 9.25. The fraction of sp³-hybridized carbons (Fsp3) is 0.692. The smallest absolute Gasteiger partial charge is 0.144 e. The van der Waals surface area contributed by atoms with Gasteiger partial charge in [0, 0.05) is 12.0 Å². The van der Waals surface area contributed by atoms with Gasteiger partial charge >= 0.3 is 0 Å². The molecule has 0 spiro atoms. The first kappa shape index (κ1) is 14.4. The van der Waals surface area contributed by atoms with E-state index in [4.69, 9.17) is 0 Å². The third-order valence-corrected chi connectivity index (χ3v) is 3.30. The van der Waals surface area contributed by atoms with E-state index < -0.39 is 0 Å². The van der Waals surface area contributed by atoms with Crippen molar-refractivity contribution in [3.8, 4) is 0 Å². The quantitative estimate of drug-likeness (QED) is 0.915. The van der Waals surface area contributed by atoms with E-state index in [9.17, 15) is 0 Å². The van der Waals surface area contributed by atoms with Crippen LogP contribution in [0.15, 0.2) is 4.47 Å². The van der Waals surface area contributed by atoms with E-state index >= 15 is 0 Å². The van der Waals surface area contributed by atoms with Gasteiger partial charge in [0.1, 0.15) is 11.6 Å². The number of nitrogens with one attached hydrogen (secondary N) is 1. The molecule has 96 valence electrons. The third-order valence-electron chi connectivity index (χ3n) is 2.47. The van der Waals surface area contributed by atoms with Gasteiger partial charge in [0.05, 0.1) is 10.2 Å². The predicted octanol–water partition coefficient (Wildman–Crippen LogP) is 3.92. The van der Waals surface area contributed by atoms with Crippen molar-refractivity contribution >= 4 is 21.7 Å². The summed E-state index contributed by atoms with van der Waals surface area (Å²) in [7, 11) is 0. The van der Waals surface area contributed by atoms with Gasteiger partial charge in [-0.05, 0) is 28.8 Å². The zero-order valence-electron chi connectivity index (χ0n) is 11.4. The van der Waals surface area contributed by atoms with Gasteiger partial charge < -0.3 is 5.32 Å². The molecule has 0 aromatic carbocycles. The van der Waals surface area contributed by atoms with Crippen LogP contribution < -0.4 is 5.32 Å². The van der Waals surface area contributed by atoms with Gasteiger partial charge in [-0.1, -0.05) is 34.6 Å². The molecule has 1 rings (SSSR count). The topological polar surface area (TPSA) is 37.8 Å². The van der Waals surface area contributed by atoms with Crippen LogP contribution in [0.25, 0.3) is 0 Å². The van der Waals surface area contributed by atoms with Crippen LogP contribution in [0.4, 0.5) is 5.82 Å². The molecule has 0 amide bonds. The van der Waals surface area contributed by atoms with Crippen molar-refractivity contribution < 1.29 is 0 Å². The average Bonchev–Trinajstić information content (AvgIpc) is 2.26. The van der Waals surface area contributed by atoms with E-state index in [1.165, 1.54) is 0 Å². The lowest BCUT2D eigenvalue weighted by Crippen LogP contribution is -2.19. The Bertz CT molecular complexity index is 383. The van der Waals surface area contributed by atoms with Crippen molar-refractivity contribution in [1.82, 2.24) is 9.97 Å². The summed E-state index contributed by atoms with van der Waals surface area (Å²) in [6.45, 7) is 11.6. The Morgan fingerprint density at radius 3 is 2.29 bits per heavy atom. The number of aromatic nitrogens is 2. The Morgan fingerprint density at radius 1 is 1.18 bits per heavy atom. The number of hydrogen-bond donors (Lipinski definition) is 1. The molecular weight excluding hydrogens is 278 g/mol. The Balaban J connectivity index is 3.19. The van der Waals surface area contributed by atoms with Gasteiger partial charge in [0.25, 0.3) is 0 Å². The third kappa shape index (κ3) is 3.66. The molecule has 1 N–H and O–H groups in total. The maximum absolute atomic E-state index is 4.63. The zero-order chi connectivity index (χ0) is 13.1. The lowest BCUT2D eigenvalue weighted by Gasteiger charge is -2.20. The molecule has 3 nitrogen and oxygen atoms in total. The van der Waals surface area contributed by atoms with Crippen LogP contribution in [-0.4, -0.2) is 16.5 Å². The average molecular weight is 300 g/mol. The Morgan fingerprint density at radius 2 is 1.82 bits per heavy atom. The molecule has 0 bridgehead atoms. The van der Waals surface area contributed by atoms with Crippen LogP contribution in [0.1, 0.15) is 52.6 Å². The fourth-order valence-corrected chi connectivity index (χ4v) is 2.02. The van der Waals surface area contributed by atoms with Crippen LogP contribution in [0, 0.1) is 0 Å². The van der Waals surface area contributed by atoms with Gasteiger partial charge in [-0.2, -0.15) is 0 Å². The second-order valence-electron chi connectivity index (χ2n) is 5.19. The molecule has 0 aliphatic carbocycles. The number of aryl methyl sites for hydroxylation is 1. The van der Waals surface area contributed by atoms with Crippen LogP contribution in [-0.2, 0) is 11.8 Å². The molecule has 17 heavy (non-hydrogen) atoms. The Labute approximate surface area is 113 Å². The highest BCUT2D eigenvalue weighted by molar-refractivity contribution is 9.10. The van der Waals surface area contributed by atoms with Crippen molar-refractivity contribution in [3.05, 3.63) is 16.0 Å². The Hall–Kier alpha value is -0.640. The molecule has 0 radical (unpaired) electrons. The van der Waals surface area contributed by atoms with Gasteiger partial charge in [-0.3, -0.25) is 0 Å². The van der Waals surface area contributed by atoms with Crippen LogP contribution >= 0.6 is 15.9 Å². The first-order valence-corrected chi connectivity index (χ1v) is 7.00. The SMILES string of the molecule is CCCNc1nc(C(C)(C)C)nc(CC)c1Br. The van der Waals surface area contributed by atoms with Gasteiger partial charge in [0.2, 0.25) is 0 Å². The summed E-state index contributed by atoms with van der Waals surface area (Å²) in [6.07, 6.45) is 2.00. The molecule has 0 unspecified atom stereocenters. The molecule has 1 aromatic heterocycles. The van der Waals surface area contributed by atoms with E-state index in [1.807, 2.05) is 0 Å². The van der Waals surface area contributed by atoms with Crippen molar-refractivity contribution in [2.45, 2.75) is 52.9 Å². The maximum atomic E-state index is 4.63. The highest BCUT2D eigenvalue weighted by Gasteiger charge is 2.20. The molecule has 1 aromatic rings. The highest BCUT2D eigenvalue weighted by atomic mass is 79.9.